The first-order valence-corrected chi connectivity index (χ1v) is 11.9. The molecule has 4 rings (SSSR count). The van der Waals surface area contributed by atoms with Crippen molar-refractivity contribution in [1.82, 2.24) is 14.9 Å². The Morgan fingerprint density at radius 2 is 1.67 bits per heavy atom. The third-order valence-corrected chi connectivity index (χ3v) is 7.02. The van der Waals surface area contributed by atoms with Crippen molar-refractivity contribution in [1.29, 1.82) is 0 Å². The Bertz CT molecular complexity index is 1330. The first kappa shape index (κ1) is 22.6. The molecule has 168 valence electrons. The van der Waals surface area contributed by atoms with Gasteiger partial charge in [-0.05, 0) is 48.0 Å². The number of imidazole rings is 1. The molecule has 4 aromatic rings. The Hall–Kier alpha value is -3.62. The van der Waals surface area contributed by atoms with E-state index in [9.17, 15) is 13.2 Å². The number of aromatic nitrogens is 2. The molecule has 0 saturated heterocycles. The van der Waals surface area contributed by atoms with Crippen molar-refractivity contribution >= 4 is 33.2 Å². The highest BCUT2D eigenvalue weighted by Crippen LogP contribution is 2.25. The standard InChI is InChI=1S/C24H21ClN4O3S/c25-20-10-12-21(13-11-20)29(33(31,32)22-7-2-1-3-8-22)17-24(30)27-16-19-6-4-5-9-23(19)28-15-14-26-18-28/h1-15,18H,16-17H2,(H,27,30). The van der Waals surface area contributed by atoms with E-state index < -0.39 is 15.9 Å². The molecule has 9 heteroatoms. The lowest BCUT2D eigenvalue weighted by molar-refractivity contribution is -0.119. The van der Waals surface area contributed by atoms with Gasteiger partial charge in [0.2, 0.25) is 5.91 Å². The smallest absolute Gasteiger partial charge is 0.264 e. The summed E-state index contributed by atoms with van der Waals surface area (Å²) in [7, 11) is -3.97. The highest BCUT2D eigenvalue weighted by molar-refractivity contribution is 7.92. The number of hydrogen-bond acceptors (Lipinski definition) is 4. The van der Waals surface area contributed by atoms with Gasteiger partial charge in [-0.15, -0.1) is 0 Å². The number of amides is 1. The number of nitrogens with one attached hydrogen (secondary N) is 1. The molecule has 1 aromatic heterocycles. The van der Waals surface area contributed by atoms with E-state index in [1.807, 2.05) is 35.0 Å². The van der Waals surface area contributed by atoms with Gasteiger partial charge < -0.3 is 9.88 Å². The van der Waals surface area contributed by atoms with E-state index in [1.165, 1.54) is 12.1 Å². The molecule has 1 amide bonds. The fraction of sp³-hybridized carbons (Fsp3) is 0.0833. The average molecular weight is 481 g/mol. The molecule has 0 aliphatic heterocycles. The van der Waals surface area contributed by atoms with Gasteiger partial charge in [-0.3, -0.25) is 9.10 Å². The maximum atomic E-state index is 13.3. The number of para-hydroxylation sites is 1. The average Bonchev–Trinajstić information content (AvgIpc) is 3.37. The molecule has 0 unspecified atom stereocenters. The molecule has 0 fully saturated rings. The zero-order chi connectivity index (χ0) is 23.3. The van der Waals surface area contributed by atoms with E-state index >= 15 is 0 Å². The van der Waals surface area contributed by atoms with Crippen molar-refractivity contribution in [3.8, 4) is 5.69 Å². The van der Waals surface area contributed by atoms with Crippen LogP contribution in [0.1, 0.15) is 5.56 Å². The lowest BCUT2D eigenvalue weighted by Gasteiger charge is -2.24. The Morgan fingerprint density at radius 1 is 0.970 bits per heavy atom. The number of carbonyl (C=O) groups excluding carboxylic acids is 1. The summed E-state index contributed by atoms with van der Waals surface area (Å²) in [5, 5.41) is 3.30. The number of rotatable bonds is 8. The summed E-state index contributed by atoms with van der Waals surface area (Å²) < 4.78 is 29.6. The van der Waals surface area contributed by atoms with Crippen LogP contribution in [0.4, 0.5) is 5.69 Å². The first-order chi connectivity index (χ1) is 15.9. The van der Waals surface area contributed by atoms with E-state index in [4.69, 9.17) is 11.6 Å². The van der Waals surface area contributed by atoms with Crippen molar-refractivity contribution in [3.05, 3.63) is 108 Å². The SMILES string of the molecule is O=C(CN(c1ccc(Cl)cc1)S(=O)(=O)c1ccccc1)NCc1ccccc1-n1ccnc1. The second-order valence-corrected chi connectivity index (χ2v) is 9.48. The molecule has 0 aliphatic rings. The molecule has 7 nitrogen and oxygen atoms in total. The Balaban J connectivity index is 1.56. The van der Waals surface area contributed by atoms with E-state index in [0.717, 1.165) is 15.6 Å². The zero-order valence-corrected chi connectivity index (χ0v) is 19.1. The number of halogens is 1. The van der Waals surface area contributed by atoms with Gasteiger partial charge >= 0.3 is 0 Å². The molecule has 0 atom stereocenters. The van der Waals surface area contributed by atoms with Crippen LogP contribution in [0.2, 0.25) is 5.02 Å². The minimum atomic E-state index is -3.97. The molecular formula is C24H21ClN4O3S. The fourth-order valence-electron chi connectivity index (χ4n) is 3.34. The van der Waals surface area contributed by atoms with Crippen LogP contribution >= 0.6 is 11.6 Å². The van der Waals surface area contributed by atoms with Gasteiger partial charge in [-0.25, -0.2) is 13.4 Å². The molecule has 0 radical (unpaired) electrons. The number of benzene rings is 3. The van der Waals surface area contributed by atoms with Crippen molar-refractivity contribution < 1.29 is 13.2 Å². The van der Waals surface area contributed by atoms with Crippen LogP contribution < -0.4 is 9.62 Å². The molecule has 1 N–H and O–H groups in total. The van der Waals surface area contributed by atoms with Crippen LogP contribution in [0.5, 0.6) is 0 Å². The number of nitrogens with zero attached hydrogens (tertiary/aromatic N) is 3. The summed E-state index contributed by atoms with van der Waals surface area (Å²) in [5.74, 6) is -0.440. The minimum Gasteiger partial charge on any atom is -0.350 e. The van der Waals surface area contributed by atoms with Crippen LogP contribution in [0, 0.1) is 0 Å². The topological polar surface area (TPSA) is 84.3 Å². The lowest BCUT2D eigenvalue weighted by Crippen LogP contribution is -2.40. The molecule has 3 aromatic carbocycles. The maximum absolute atomic E-state index is 13.3. The molecule has 0 spiro atoms. The van der Waals surface area contributed by atoms with Gasteiger partial charge in [0.25, 0.3) is 10.0 Å². The van der Waals surface area contributed by atoms with E-state index in [1.54, 1.807) is 55.0 Å². The summed E-state index contributed by atoms with van der Waals surface area (Å²) >= 11 is 5.97. The minimum absolute atomic E-state index is 0.0956. The van der Waals surface area contributed by atoms with Crippen LogP contribution in [0.3, 0.4) is 0 Å². The Labute approximate surface area is 197 Å². The monoisotopic (exact) mass is 480 g/mol. The molecule has 0 bridgehead atoms. The van der Waals surface area contributed by atoms with Gasteiger partial charge in [-0.1, -0.05) is 48.0 Å². The lowest BCUT2D eigenvalue weighted by atomic mass is 10.1. The predicted molar refractivity (Wildman–Crippen MR) is 128 cm³/mol. The molecule has 1 heterocycles. The fourth-order valence-corrected chi connectivity index (χ4v) is 4.90. The van der Waals surface area contributed by atoms with E-state index in [0.29, 0.717) is 10.7 Å². The zero-order valence-electron chi connectivity index (χ0n) is 17.5. The summed E-state index contributed by atoms with van der Waals surface area (Å²) in [4.78, 5) is 17.0. The van der Waals surface area contributed by atoms with Crippen molar-refractivity contribution in [3.63, 3.8) is 0 Å². The number of hydrogen-bond donors (Lipinski definition) is 1. The van der Waals surface area contributed by atoms with Crippen LogP contribution in [0.25, 0.3) is 5.69 Å². The van der Waals surface area contributed by atoms with Gasteiger partial charge in [-0.2, -0.15) is 0 Å². The second-order valence-electron chi connectivity index (χ2n) is 7.18. The molecule has 0 saturated carbocycles. The molecule has 33 heavy (non-hydrogen) atoms. The third kappa shape index (κ3) is 5.24. The van der Waals surface area contributed by atoms with E-state index in [-0.39, 0.29) is 18.0 Å². The highest BCUT2D eigenvalue weighted by atomic mass is 35.5. The van der Waals surface area contributed by atoms with Gasteiger partial charge in [0.1, 0.15) is 6.54 Å². The summed E-state index contributed by atoms with van der Waals surface area (Å²) in [5.41, 5.74) is 2.09. The molecular weight excluding hydrogens is 460 g/mol. The summed E-state index contributed by atoms with van der Waals surface area (Å²) in [6.07, 6.45) is 5.17. The summed E-state index contributed by atoms with van der Waals surface area (Å²) in [6, 6.07) is 21.9. The normalized spacial score (nSPS) is 11.2. The Kier molecular flexibility index (Phi) is 6.76. The third-order valence-electron chi connectivity index (χ3n) is 4.98. The largest absolute Gasteiger partial charge is 0.350 e. The number of sulfonamides is 1. The second kappa shape index (κ2) is 9.89. The summed E-state index contributed by atoms with van der Waals surface area (Å²) in [6.45, 7) is -0.154. The first-order valence-electron chi connectivity index (χ1n) is 10.1. The van der Waals surface area contributed by atoms with Crippen LogP contribution in [-0.2, 0) is 21.4 Å². The van der Waals surface area contributed by atoms with E-state index in [2.05, 4.69) is 10.3 Å². The quantitative estimate of drug-likeness (QED) is 0.412. The van der Waals surface area contributed by atoms with Crippen molar-refractivity contribution in [2.24, 2.45) is 0 Å². The highest BCUT2D eigenvalue weighted by Gasteiger charge is 2.27. The van der Waals surface area contributed by atoms with Crippen LogP contribution in [-0.4, -0.2) is 30.4 Å². The molecule has 0 aliphatic carbocycles. The maximum Gasteiger partial charge on any atom is 0.264 e. The predicted octanol–water partition coefficient (Wildman–Crippen LogP) is 4.04. The van der Waals surface area contributed by atoms with Gasteiger partial charge in [0.15, 0.2) is 0 Å². The van der Waals surface area contributed by atoms with Crippen LogP contribution in [0.15, 0.2) is 102 Å². The number of carbonyl (C=O) groups is 1. The van der Waals surface area contributed by atoms with Gasteiger partial charge in [0.05, 0.1) is 22.6 Å². The number of anilines is 1. The Morgan fingerprint density at radius 3 is 2.36 bits per heavy atom. The van der Waals surface area contributed by atoms with Crippen molar-refractivity contribution in [2.75, 3.05) is 10.8 Å². The van der Waals surface area contributed by atoms with Gasteiger partial charge in [0, 0.05) is 24.0 Å². The van der Waals surface area contributed by atoms with Crippen molar-refractivity contribution in [2.45, 2.75) is 11.4 Å².